The summed E-state index contributed by atoms with van der Waals surface area (Å²) in [6.45, 7) is 8.08. The standard InChI is InChI=1S/C33H38N6O4S/c1-4-17-36(3)30(41)27-26-15-16-33(44-26)28(27)31(42)39(23(20-40)19-22-11-7-6-8-12-22)29(33)32(43)37(18-5-2)21-38-25-14-10-9-13-24(25)34-35-38/h4-14,23,26-29,40H,1-2,15-21H2,3H3/t23-,26-,27+,28+,29?,33?/m1/s1. The lowest BCUT2D eigenvalue weighted by atomic mass is 9.70. The van der Waals surface area contributed by atoms with Crippen LogP contribution in [0.1, 0.15) is 18.4 Å². The zero-order valence-electron chi connectivity index (χ0n) is 24.9. The first-order valence-corrected chi connectivity index (χ1v) is 15.9. The first-order valence-electron chi connectivity index (χ1n) is 15.0. The zero-order valence-corrected chi connectivity index (χ0v) is 25.7. The summed E-state index contributed by atoms with van der Waals surface area (Å²) in [6, 6.07) is 15.7. The largest absolute Gasteiger partial charge is 0.394 e. The van der Waals surface area contributed by atoms with E-state index in [1.807, 2.05) is 54.6 Å². The third kappa shape index (κ3) is 4.92. The molecule has 11 heteroatoms. The average molecular weight is 615 g/mol. The summed E-state index contributed by atoms with van der Waals surface area (Å²) in [7, 11) is 1.73. The van der Waals surface area contributed by atoms with Gasteiger partial charge in [0.25, 0.3) is 0 Å². The number of aromatic nitrogens is 3. The molecule has 230 valence electrons. The van der Waals surface area contributed by atoms with Crippen molar-refractivity contribution in [3.63, 3.8) is 0 Å². The first-order chi connectivity index (χ1) is 21.3. The molecule has 3 amide bonds. The third-order valence-corrected chi connectivity index (χ3v) is 11.3. The fraction of sp³-hybridized carbons (Fsp3) is 0.424. The maximum Gasteiger partial charge on any atom is 0.248 e. The minimum absolute atomic E-state index is 0.0602. The zero-order chi connectivity index (χ0) is 31.0. The molecular formula is C33H38N6O4S. The molecule has 0 radical (unpaired) electrons. The molecule has 4 heterocycles. The van der Waals surface area contributed by atoms with Crippen molar-refractivity contribution in [1.82, 2.24) is 29.7 Å². The van der Waals surface area contributed by atoms with Crippen LogP contribution in [0.2, 0.25) is 0 Å². The molecule has 3 saturated heterocycles. The number of amides is 3. The van der Waals surface area contributed by atoms with Crippen molar-refractivity contribution in [1.29, 1.82) is 0 Å². The predicted molar refractivity (Wildman–Crippen MR) is 169 cm³/mol. The quantitative estimate of drug-likeness (QED) is 0.313. The van der Waals surface area contributed by atoms with Crippen LogP contribution in [0.25, 0.3) is 11.0 Å². The molecule has 1 aromatic heterocycles. The van der Waals surface area contributed by atoms with E-state index in [0.717, 1.165) is 17.5 Å². The van der Waals surface area contributed by atoms with Crippen molar-refractivity contribution in [2.45, 2.75) is 48.0 Å². The normalized spacial score (nSPS) is 26.0. The van der Waals surface area contributed by atoms with E-state index in [9.17, 15) is 19.5 Å². The second-order valence-electron chi connectivity index (χ2n) is 11.9. The minimum atomic E-state index is -0.867. The second kappa shape index (κ2) is 12.2. The Labute approximate surface area is 261 Å². The minimum Gasteiger partial charge on any atom is -0.394 e. The number of benzene rings is 2. The summed E-state index contributed by atoms with van der Waals surface area (Å²) in [5.74, 6) is -1.79. The van der Waals surface area contributed by atoms with Gasteiger partial charge in [-0.1, -0.05) is 59.8 Å². The molecule has 2 bridgehead atoms. The van der Waals surface area contributed by atoms with Gasteiger partial charge in [-0.05, 0) is 37.0 Å². The van der Waals surface area contributed by atoms with Crippen molar-refractivity contribution in [3.8, 4) is 0 Å². The van der Waals surface area contributed by atoms with Gasteiger partial charge in [0.2, 0.25) is 17.7 Å². The van der Waals surface area contributed by atoms with E-state index >= 15 is 0 Å². The monoisotopic (exact) mass is 614 g/mol. The van der Waals surface area contributed by atoms with Crippen molar-refractivity contribution >= 4 is 40.5 Å². The molecule has 6 atom stereocenters. The van der Waals surface area contributed by atoms with E-state index < -0.39 is 28.7 Å². The van der Waals surface area contributed by atoms with Crippen LogP contribution in [0.4, 0.5) is 0 Å². The molecule has 3 aromatic rings. The number of hydrogen-bond donors (Lipinski definition) is 1. The molecular weight excluding hydrogens is 576 g/mol. The number of carbonyl (C=O) groups is 3. The molecule has 3 fully saturated rings. The van der Waals surface area contributed by atoms with E-state index in [2.05, 4.69) is 23.5 Å². The highest BCUT2D eigenvalue weighted by molar-refractivity contribution is 8.02. The van der Waals surface area contributed by atoms with Crippen LogP contribution in [-0.4, -0.2) is 101 Å². The maximum absolute atomic E-state index is 14.9. The number of carbonyl (C=O) groups excluding carboxylic acids is 3. The number of likely N-dealkylation sites (tertiary alicyclic amines) is 1. The topological polar surface area (TPSA) is 112 Å². The summed E-state index contributed by atoms with van der Waals surface area (Å²) in [4.78, 5) is 48.2. The molecule has 3 aliphatic rings. The number of aliphatic hydroxyl groups is 1. The Kier molecular flexibility index (Phi) is 8.34. The third-order valence-electron chi connectivity index (χ3n) is 9.34. The number of likely N-dealkylation sites (N-methyl/N-ethyl adjacent to an activating group) is 1. The second-order valence-corrected chi connectivity index (χ2v) is 13.5. The maximum atomic E-state index is 14.9. The fourth-order valence-corrected chi connectivity index (χ4v) is 9.64. The first kappa shape index (κ1) is 30.1. The lowest BCUT2D eigenvalue weighted by Crippen LogP contribution is -2.58. The van der Waals surface area contributed by atoms with Crippen LogP contribution in [-0.2, 0) is 27.5 Å². The SMILES string of the molecule is C=CCN(C)C(=O)[C@@H]1[C@H]2C(=O)N([C@@H](CO)Cc3ccccc3)C(C(=O)N(CC=C)Cn3nnc4ccccc43)C23CC[C@H]1S3. The van der Waals surface area contributed by atoms with Crippen LogP contribution in [0.5, 0.6) is 0 Å². The molecule has 2 aromatic carbocycles. The summed E-state index contributed by atoms with van der Waals surface area (Å²) < 4.78 is 0.887. The number of fused-ring (bicyclic) bond motifs is 2. The van der Waals surface area contributed by atoms with Crippen LogP contribution >= 0.6 is 11.8 Å². The van der Waals surface area contributed by atoms with Crippen LogP contribution < -0.4 is 0 Å². The van der Waals surface area contributed by atoms with Crippen molar-refractivity contribution in [2.75, 3.05) is 26.7 Å². The lowest BCUT2D eigenvalue weighted by Gasteiger charge is -2.39. The molecule has 1 spiro atoms. The van der Waals surface area contributed by atoms with E-state index in [1.54, 1.807) is 50.3 Å². The summed E-state index contributed by atoms with van der Waals surface area (Å²) in [5.41, 5.74) is 2.45. The van der Waals surface area contributed by atoms with Gasteiger partial charge in [0.05, 0.1) is 34.7 Å². The molecule has 44 heavy (non-hydrogen) atoms. The summed E-state index contributed by atoms with van der Waals surface area (Å²) >= 11 is 1.62. The van der Waals surface area contributed by atoms with E-state index in [0.29, 0.717) is 24.9 Å². The van der Waals surface area contributed by atoms with E-state index in [4.69, 9.17) is 0 Å². The van der Waals surface area contributed by atoms with Crippen LogP contribution in [0.15, 0.2) is 79.9 Å². The van der Waals surface area contributed by atoms with Crippen molar-refractivity contribution < 1.29 is 19.5 Å². The lowest BCUT2D eigenvalue weighted by molar-refractivity contribution is -0.147. The number of nitrogens with zero attached hydrogens (tertiary/aromatic N) is 6. The Morgan fingerprint density at radius 3 is 2.57 bits per heavy atom. The fourth-order valence-electron chi connectivity index (χ4n) is 7.45. The Morgan fingerprint density at radius 2 is 1.84 bits per heavy atom. The van der Waals surface area contributed by atoms with Gasteiger partial charge in [0.15, 0.2) is 0 Å². The van der Waals surface area contributed by atoms with Gasteiger partial charge < -0.3 is 19.8 Å². The number of rotatable bonds is 12. The molecule has 10 nitrogen and oxygen atoms in total. The Morgan fingerprint density at radius 1 is 1.11 bits per heavy atom. The molecule has 0 aliphatic carbocycles. The van der Waals surface area contributed by atoms with Gasteiger partial charge >= 0.3 is 0 Å². The van der Waals surface area contributed by atoms with Gasteiger partial charge in [-0.3, -0.25) is 14.4 Å². The number of thioether (sulfide) groups is 1. The number of para-hydroxylation sites is 1. The van der Waals surface area contributed by atoms with Crippen LogP contribution in [0, 0.1) is 11.8 Å². The van der Waals surface area contributed by atoms with E-state index in [-0.39, 0.29) is 42.8 Å². The van der Waals surface area contributed by atoms with E-state index in [1.165, 1.54) is 0 Å². The molecule has 0 saturated carbocycles. The average Bonchev–Trinajstić information content (AvgIpc) is 3.79. The molecule has 1 N–H and O–H groups in total. The Balaban J connectivity index is 1.41. The highest BCUT2D eigenvalue weighted by Gasteiger charge is 2.74. The van der Waals surface area contributed by atoms with Gasteiger partial charge in [-0.15, -0.1) is 30.0 Å². The molecule has 2 unspecified atom stereocenters. The summed E-state index contributed by atoms with van der Waals surface area (Å²) in [5, 5.41) is 19.2. The molecule has 3 aliphatic heterocycles. The number of hydrogen-bond acceptors (Lipinski definition) is 7. The van der Waals surface area contributed by atoms with Crippen molar-refractivity contribution in [3.05, 3.63) is 85.5 Å². The smallest absolute Gasteiger partial charge is 0.248 e. The van der Waals surface area contributed by atoms with Gasteiger partial charge in [0.1, 0.15) is 18.2 Å². The van der Waals surface area contributed by atoms with Gasteiger partial charge in [-0.25, -0.2) is 4.68 Å². The highest BCUT2D eigenvalue weighted by atomic mass is 32.2. The summed E-state index contributed by atoms with van der Waals surface area (Å²) in [6.07, 6.45) is 5.09. The van der Waals surface area contributed by atoms with Crippen LogP contribution in [0.3, 0.4) is 0 Å². The molecule has 6 rings (SSSR count). The van der Waals surface area contributed by atoms with Gasteiger partial charge in [0, 0.05) is 25.4 Å². The Hall–Kier alpha value is -3.96. The van der Waals surface area contributed by atoms with Gasteiger partial charge in [-0.2, -0.15) is 0 Å². The highest BCUT2D eigenvalue weighted by Crippen LogP contribution is 2.67. The Bertz CT molecular complexity index is 1580. The number of aliphatic hydroxyl groups excluding tert-OH is 1. The predicted octanol–water partition coefficient (Wildman–Crippen LogP) is 2.74. The van der Waals surface area contributed by atoms with Crippen molar-refractivity contribution in [2.24, 2.45) is 11.8 Å².